The molecule has 0 spiro atoms. The van der Waals surface area contributed by atoms with Crippen LogP contribution in [0.3, 0.4) is 0 Å². The monoisotopic (exact) mass is 490 g/mol. The number of nitrogens with one attached hydrogen (secondary N) is 2. The number of hydrogen-bond donors (Lipinski definition) is 2. The van der Waals surface area contributed by atoms with Crippen LogP contribution in [0.2, 0.25) is 0 Å². The Labute approximate surface area is 198 Å². The van der Waals surface area contributed by atoms with Crippen LogP contribution in [0.5, 0.6) is 0 Å². The number of carbonyl (C=O) groups is 5. The average molecular weight is 490 g/mol. The summed E-state index contributed by atoms with van der Waals surface area (Å²) in [6, 6.07) is 2.79. The van der Waals surface area contributed by atoms with Gasteiger partial charge in [-0.2, -0.15) is 13.2 Å². The highest BCUT2D eigenvalue weighted by Gasteiger charge is 2.44. The van der Waals surface area contributed by atoms with Crippen molar-refractivity contribution in [2.24, 2.45) is 5.92 Å². The number of hydrogen-bond acceptors (Lipinski definition) is 5. The lowest BCUT2D eigenvalue weighted by molar-refractivity contribution is -0.183. The van der Waals surface area contributed by atoms with Gasteiger partial charge < -0.3 is 10.2 Å². The van der Waals surface area contributed by atoms with Gasteiger partial charge in [-0.3, -0.25) is 29.4 Å². The first-order valence-corrected chi connectivity index (χ1v) is 11.0. The largest absolute Gasteiger partial charge is 0.391 e. The quantitative estimate of drug-likeness (QED) is 0.481. The minimum absolute atomic E-state index is 0.00801. The van der Waals surface area contributed by atoms with Crippen LogP contribution in [-0.4, -0.2) is 71.3 Å². The van der Waals surface area contributed by atoms with Crippen molar-refractivity contribution in [3.05, 3.63) is 34.9 Å². The molecular formula is C23H21F3N4O5. The summed E-state index contributed by atoms with van der Waals surface area (Å²) in [7, 11) is 0. The first-order chi connectivity index (χ1) is 16.6. The highest BCUT2D eigenvalue weighted by Crippen LogP contribution is 2.34. The average Bonchev–Trinajstić information content (AvgIpc) is 3.06. The highest BCUT2D eigenvalue weighted by atomic mass is 19.4. The first-order valence-electron chi connectivity index (χ1n) is 11.0. The van der Waals surface area contributed by atoms with Gasteiger partial charge >= 0.3 is 12.2 Å². The topological polar surface area (TPSA) is 116 Å². The Balaban J connectivity index is 1.34. The third-order valence-corrected chi connectivity index (χ3v) is 6.25. The summed E-state index contributed by atoms with van der Waals surface area (Å²) in [6.45, 7) is -0.0491. The molecule has 1 atom stereocenters. The number of alkyl halides is 3. The number of imide groups is 2. The first kappa shape index (κ1) is 24.3. The van der Waals surface area contributed by atoms with E-state index >= 15 is 0 Å². The molecule has 2 fully saturated rings. The van der Waals surface area contributed by atoms with E-state index < -0.39 is 47.8 Å². The Bertz CT molecular complexity index is 1160. The second kappa shape index (κ2) is 9.40. The van der Waals surface area contributed by atoms with Gasteiger partial charge in [0.15, 0.2) is 0 Å². The SMILES string of the molecule is O=C1CCC(N2C(=O)c3ccc(C#CCNC(=O)N4CCC(C(F)(F)F)CC4)cc3C2=O)C(=O)N1. The summed E-state index contributed by atoms with van der Waals surface area (Å²) in [5, 5.41) is 4.66. The Morgan fingerprint density at radius 3 is 2.40 bits per heavy atom. The van der Waals surface area contributed by atoms with Crippen molar-refractivity contribution in [1.29, 1.82) is 0 Å². The normalized spacial score (nSPS) is 20.8. The van der Waals surface area contributed by atoms with Crippen LogP contribution in [0.1, 0.15) is 52.0 Å². The van der Waals surface area contributed by atoms with Crippen molar-refractivity contribution in [2.45, 2.75) is 37.9 Å². The zero-order valence-electron chi connectivity index (χ0n) is 18.4. The van der Waals surface area contributed by atoms with Crippen LogP contribution in [0.25, 0.3) is 0 Å². The molecule has 184 valence electrons. The van der Waals surface area contributed by atoms with E-state index in [9.17, 15) is 37.1 Å². The number of piperidine rings is 2. The van der Waals surface area contributed by atoms with Crippen molar-refractivity contribution >= 4 is 29.7 Å². The van der Waals surface area contributed by atoms with Gasteiger partial charge in [-0.15, -0.1) is 0 Å². The Morgan fingerprint density at radius 2 is 1.74 bits per heavy atom. The van der Waals surface area contributed by atoms with Gasteiger partial charge in [0, 0.05) is 25.1 Å². The molecule has 9 nitrogen and oxygen atoms in total. The van der Waals surface area contributed by atoms with E-state index in [4.69, 9.17) is 0 Å². The Hall–Kier alpha value is -3.88. The molecule has 0 aliphatic carbocycles. The summed E-state index contributed by atoms with van der Waals surface area (Å²) < 4.78 is 38.2. The van der Waals surface area contributed by atoms with Gasteiger partial charge in [-0.1, -0.05) is 11.8 Å². The molecule has 4 rings (SSSR count). The lowest BCUT2D eigenvalue weighted by atomic mass is 9.96. The van der Waals surface area contributed by atoms with Gasteiger partial charge in [0.25, 0.3) is 11.8 Å². The minimum Gasteiger partial charge on any atom is -0.327 e. The van der Waals surface area contributed by atoms with Gasteiger partial charge in [-0.05, 0) is 37.5 Å². The third-order valence-electron chi connectivity index (χ3n) is 6.25. The second-order valence-corrected chi connectivity index (χ2v) is 8.47. The van der Waals surface area contributed by atoms with Crippen LogP contribution in [-0.2, 0) is 9.59 Å². The maximum atomic E-state index is 12.8. The molecule has 12 heteroatoms. The molecule has 0 saturated carbocycles. The number of likely N-dealkylation sites (tertiary alicyclic amines) is 1. The van der Waals surface area contributed by atoms with Crippen LogP contribution >= 0.6 is 0 Å². The van der Waals surface area contributed by atoms with E-state index in [0.29, 0.717) is 5.56 Å². The standard InChI is InChI=1S/C23H21F3N4O5/c24-23(25,26)14-7-10-29(11-8-14)22(35)27-9-1-2-13-3-4-15-16(12-13)21(34)30(20(15)33)17-5-6-18(31)28-19(17)32/h3-4,12,14,17H,5-11H2,(H,27,35)(H,28,31,32). The van der Waals surface area contributed by atoms with Crippen LogP contribution in [0, 0.1) is 17.8 Å². The Kier molecular flexibility index (Phi) is 6.51. The summed E-state index contributed by atoms with van der Waals surface area (Å²) in [4.78, 5) is 63.3. The fourth-order valence-corrected chi connectivity index (χ4v) is 4.34. The zero-order valence-corrected chi connectivity index (χ0v) is 18.4. The zero-order chi connectivity index (χ0) is 25.3. The summed E-state index contributed by atoms with van der Waals surface area (Å²) in [6.07, 6.45) is -4.46. The van der Waals surface area contributed by atoms with E-state index in [1.165, 1.54) is 23.1 Å². The van der Waals surface area contributed by atoms with E-state index in [1.54, 1.807) is 0 Å². The number of carbonyl (C=O) groups excluding carboxylic acids is 5. The summed E-state index contributed by atoms with van der Waals surface area (Å²) >= 11 is 0. The molecule has 3 heterocycles. The molecule has 1 unspecified atom stereocenters. The van der Waals surface area contributed by atoms with E-state index in [2.05, 4.69) is 22.5 Å². The molecule has 2 saturated heterocycles. The molecule has 2 N–H and O–H groups in total. The second-order valence-electron chi connectivity index (χ2n) is 8.47. The summed E-state index contributed by atoms with van der Waals surface area (Å²) in [5.74, 6) is 1.64. The lowest BCUT2D eigenvalue weighted by Crippen LogP contribution is -2.54. The van der Waals surface area contributed by atoms with E-state index in [0.717, 1.165) is 4.90 Å². The number of rotatable bonds is 2. The molecule has 35 heavy (non-hydrogen) atoms. The molecule has 3 aliphatic rings. The highest BCUT2D eigenvalue weighted by molar-refractivity contribution is 6.23. The predicted octanol–water partition coefficient (Wildman–Crippen LogP) is 1.42. The third kappa shape index (κ3) is 4.99. The number of nitrogens with zero attached hydrogens (tertiary/aromatic N) is 2. The van der Waals surface area contributed by atoms with Gasteiger partial charge in [0.05, 0.1) is 23.6 Å². The van der Waals surface area contributed by atoms with E-state index in [-0.39, 0.29) is 56.4 Å². The van der Waals surface area contributed by atoms with Crippen LogP contribution < -0.4 is 10.6 Å². The molecule has 0 radical (unpaired) electrons. The van der Waals surface area contributed by atoms with Crippen molar-refractivity contribution in [3.8, 4) is 11.8 Å². The molecular weight excluding hydrogens is 469 g/mol. The van der Waals surface area contributed by atoms with Crippen molar-refractivity contribution < 1.29 is 37.1 Å². The van der Waals surface area contributed by atoms with Crippen LogP contribution in [0.4, 0.5) is 18.0 Å². The number of amides is 6. The number of halogens is 3. The molecule has 0 bridgehead atoms. The minimum atomic E-state index is -4.26. The van der Waals surface area contributed by atoms with Crippen LogP contribution in [0.15, 0.2) is 18.2 Å². The maximum absolute atomic E-state index is 12.8. The molecule has 0 aromatic heterocycles. The smallest absolute Gasteiger partial charge is 0.327 e. The fraction of sp³-hybridized carbons (Fsp3) is 0.435. The number of fused-ring (bicyclic) bond motifs is 1. The lowest BCUT2D eigenvalue weighted by Gasteiger charge is -2.32. The van der Waals surface area contributed by atoms with Crippen molar-refractivity contribution in [1.82, 2.24) is 20.4 Å². The molecule has 3 aliphatic heterocycles. The maximum Gasteiger partial charge on any atom is 0.391 e. The fourth-order valence-electron chi connectivity index (χ4n) is 4.34. The number of benzene rings is 1. The Morgan fingerprint density at radius 1 is 1.06 bits per heavy atom. The number of urea groups is 1. The van der Waals surface area contributed by atoms with Gasteiger partial charge in [0.2, 0.25) is 11.8 Å². The van der Waals surface area contributed by atoms with Crippen molar-refractivity contribution in [3.63, 3.8) is 0 Å². The summed E-state index contributed by atoms with van der Waals surface area (Å²) in [5.41, 5.74) is 0.610. The molecule has 6 amide bonds. The predicted molar refractivity (Wildman–Crippen MR) is 114 cm³/mol. The molecule has 1 aromatic carbocycles. The van der Waals surface area contributed by atoms with Gasteiger partial charge in [0.1, 0.15) is 6.04 Å². The van der Waals surface area contributed by atoms with Gasteiger partial charge in [-0.25, -0.2) is 4.79 Å². The molecule has 1 aromatic rings. The van der Waals surface area contributed by atoms with E-state index in [1.807, 2.05) is 0 Å². The van der Waals surface area contributed by atoms with Crippen molar-refractivity contribution in [2.75, 3.05) is 19.6 Å².